The largest absolute Gasteiger partial charge is 0.354 e. The number of carbonyl (C=O) groups is 1. The van der Waals surface area contributed by atoms with Gasteiger partial charge < -0.3 is 19.6 Å². The van der Waals surface area contributed by atoms with Crippen LogP contribution in [0.4, 0.5) is 5.82 Å². The van der Waals surface area contributed by atoms with E-state index >= 15 is 0 Å². The average Bonchev–Trinajstić information content (AvgIpc) is 2.96. The number of hydrogen-bond donors (Lipinski definition) is 1. The number of rotatable bonds is 3. The summed E-state index contributed by atoms with van der Waals surface area (Å²) in [5, 5.41) is -0.0537. The van der Waals surface area contributed by atoms with Gasteiger partial charge >= 0.3 is 5.91 Å². The summed E-state index contributed by atoms with van der Waals surface area (Å²) < 4.78 is 73.9. The predicted octanol–water partition coefficient (Wildman–Crippen LogP) is 1.86. The zero-order valence-electron chi connectivity index (χ0n) is 22.3. The molecule has 1 saturated heterocycles. The van der Waals surface area contributed by atoms with Gasteiger partial charge in [0.25, 0.3) is 6.50 Å². The molecule has 0 aliphatic carbocycles. The van der Waals surface area contributed by atoms with E-state index in [0.29, 0.717) is 10.6 Å². The highest BCUT2D eigenvalue weighted by Crippen LogP contribution is 2.29. The molecule has 0 spiro atoms. The van der Waals surface area contributed by atoms with Gasteiger partial charge in [-0.15, -0.1) is 0 Å². The fourth-order valence-corrected chi connectivity index (χ4v) is 2.63. The fraction of sp³-hybridized carbons (Fsp3) is 0.529. The summed E-state index contributed by atoms with van der Waals surface area (Å²) in [5.41, 5.74) is 0.347. The standard InChI is InChI=1S/C17H22N6O/c1-11-5-6-23(15(24)8-18-3)9-14(11)22(4)17-13-7-12(2)21-16(13)19-10-20-17/h7,10-11,14H,5-6,8-9H2,1-2,4H3,(H,19,20,21)/t11-,14+/m1/s1/i4D3,7D,8D2,10D,11D,14D. The highest BCUT2D eigenvalue weighted by atomic mass is 16.2. The molecule has 126 valence electrons. The normalized spacial score (nSPS) is 33.5. The first kappa shape index (κ1) is 8.47. The molecule has 2 atom stereocenters. The molecule has 7 nitrogen and oxygen atoms in total. The molecule has 1 amide bonds. The van der Waals surface area contributed by atoms with Crippen molar-refractivity contribution in [1.29, 1.82) is 0 Å². The van der Waals surface area contributed by atoms with Gasteiger partial charge in [-0.05, 0) is 25.3 Å². The van der Waals surface area contributed by atoms with E-state index in [-0.39, 0.29) is 30.0 Å². The van der Waals surface area contributed by atoms with Crippen molar-refractivity contribution >= 4 is 22.8 Å². The minimum atomic E-state index is -3.10. The second kappa shape index (κ2) is 6.48. The lowest BCUT2D eigenvalue weighted by Crippen LogP contribution is -2.53. The lowest BCUT2D eigenvalue weighted by atomic mass is 9.92. The number of hydrogen-bond acceptors (Lipinski definition) is 4. The smallest absolute Gasteiger partial charge is 0.302 e. The number of aromatic amines is 1. The quantitative estimate of drug-likeness (QED) is 0.869. The van der Waals surface area contributed by atoms with Crippen molar-refractivity contribution in [2.45, 2.75) is 26.3 Å². The van der Waals surface area contributed by atoms with E-state index in [2.05, 4.69) is 19.8 Å². The molecule has 7 heteroatoms. The minimum Gasteiger partial charge on any atom is -0.354 e. The van der Waals surface area contributed by atoms with E-state index < -0.39 is 50.0 Å². The number of likely N-dealkylation sites (N-methyl/N-ethyl adjacent to an activating group) is 1. The van der Waals surface area contributed by atoms with E-state index in [1.807, 2.05) is 0 Å². The van der Waals surface area contributed by atoms with Crippen LogP contribution in [-0.4, -0.2) is 58.3 Å². The Kier molecular flexibility index (Phi) is 2.29. The third-order valence-corrected chi connectivity index (χ3v) is 3.91. The molecule has 1 fully saturated rings. The van der Waals surface area contributed by atoms with Crippen LogP contribution >= 0.6 is 0 Å². The maximum absolute atomic E-state index is 12.6. The van der Waals surface area contributed by atoms with Gasteiger partial charge in [0.15, 0.2) is 0 Å². The number of fused-ring (bicyclic) bond motifs is 1. The molecule has 1 aliphatic rings. The van der Waals surface area contributed by atoms with Gasteiger partial charge in [-0.2, -0.15) is 0 Å². The summed E-state index contributed by atoms with van der Waals surface area (Å²) in [6, 6.07) is -2.55. The summed E-state index contributed by atoms with van der Waals surface area (Å²) in [4.78, 5) is 27.3. The van der Waals surface area contributed by atoms with Gasteiger partial charge in [0, 0.05) is 31.2 Å². The zero-order valence-corrected chi connectivity index (χ0v) is 13.3. The number of nitrogens with one attached hydrogen (secondary N) is 1. The molecule has 3 heterocycles. The molecule has 0 radical (unpaired) electrons. The molecule has 0 bridgehead atoms. The van der Waals surface area contributed by atoms with Crippen LogP contribution in [0.1, 0.15) is 31.4 Å². The molecular formula is C17H22N6O. The van der Waals surface area contributed by atoms with Crippen LogP contribution in [0.2, 0.25) is 0 Å². The van der Waals surface area contributed by atoms with Crippen LogP contribution in [0.5, 0.6) is 0 Å². The molecular weight excluding hydrogens is 304 g/mol. The molecule has 2 aromatic rings. The topological polar surface area (TPSA) is 69.5 Å². The van der Waals surface area contributed by atoms with Crippen LogP contribution < -0.4 is 4.90 Å². The molecule has 0 saturated carbocycles. The Morgan fingerprint density at radius 2 is 2.58 bits per heavy atom. The van der Waals surface area contributed by atoms with Gasteiger partial charge in [0.05, 0.1) is 14.1 Å². The van der Waals surface area contributed by atoms with Gasteiger partial charge in [-0.25, -0.2) is 16.5 Å². The van der Waals surface area contributed by atoms with Gasteiger partial charge in [-0.1, -0.05) is 6.92 Å². The fourth-order valence-electron chi connectivity index (χ4n) is 2.63. The number of likely N-dealkylation sites (tertiary alicyclic amines) is 1. The molecule has 1 N–H and O–H groups in total. The van der Waals surface area contributed by atoms with Crippen molar-refractivity contribution in [3.8, 4) is 0 Å². The third-order valence-electron chi connectivity index (χ3n) is 3.91. The second-order valence-corrected chi connectivity index (χ2v) is 5.51. The molecule has 0 aromatic carbocycles. The van der Waals surface area contributed by atoms with Crippen LogP contribution in [-0.2, 0) is 4.79 Å². The first-order valence-electron chi connectivity index (χ1n) is 11.8. The third kappa shape index (κ3) is 2.92. The SMILES string of the molecule is [2H]c1nc(N(C([2H])([2H])[2H])[C@@]2([2H])CN(C(=O)C([2H])([2H])[N+]#[C-])CC[C@@]2([2H])C)c2c([2H])c(C)[nH]c2n1. The maximum Gasteiger partial charge on any atom is 0.302 e. The van der Waals surface area contributed by atoms with Crippen LogP contribution in [0.3, 0.4) is 0 Å². The van der Waals surface area contributed by atoms with E-state index in [1.165, 1.54) is 6.92 Å². The van der Waals surface area contributed by atoms with E-state index in [1.54, 1.807) is 6.92 Å². The lowest BCUT2D eigenvalue weighted by molar-refractivity contribution is -0.130. The number of nitrogens with zero attached hydrogens (tertiary/aromatic N) is 5. The Labute approximate surface area is 154 Å². The van der Waals surface area contributed by atoms with Gasteiger partial charge in [0.2, 0.25) is 0 Å². The van der Waals surface area contributed by atoms with Crippen molar-refractivity contribution in [2.24, 2.45) is 5.89 Å². The van der Waals surface area contributed by atoms with Crippen molar-refractivity contribution in [3.63, 3.8) is 0 Å². The molecule has 0 unspecified atom stereocenters. The summed E-state index contributed by atoms with van der Waals surface area (Å²) >= 11 is 0. The zero-order chi connectivity index (χ0) is 25.1. The maximum atomic E-state index is 12.6. The summed E-state index contributed by atoms with van der Waals surface area (Å²) in [6.07, 6.45) is -0.763. The number of amides is 1. The highest BCUT2D eigenvalue weighted by molar-refractivity contribution is 5.88. The van der Waals surface area contributed by atoms with E-state index in [0.717, 1.165) is 4.90 Å². The first-order chi connectivity index (χ1) is 15.0. The molecule has 1 aliphatic heterocycles. The Morgan fingerprint density at radius 3 is 3.33 bits per heavy atom. The number of H-pyrrole nitrogens is 1. The van der Waals surface area contributed by atoms with Crippen molar-refractivity contribution in [2.75, 3.05) is 31.5 Å². The summed E-state index contributed by atoms with van der Waals surface area (Å²) in [6.45, 7) is 2.95. The average molecular weight is 335 g/mol. The number of aromatic nitrogens is 3. The molecule has 2 aromatic heterocycles. The second-order valence-electron chi connectivity index (χ2n) is 5.51. The Hall–Kier alpha value is -2.62. The number of carbonyl (C=O) groups excluding carboxylic acids is 1. The monoisotopic (exact) mass is 335 g/mol. The first-order valence-corrected chi connectivity index (χ1v) is 7.28. The van der Waals surface area contributed by atoms with Crippen LogP contribution in [0.25, 0.3) is 15.9 Å². The lowest BCUT2D eigenvalue weighted by Gasteiger charge is -2.41. The highest BCUT2D eigenvalue weighted by Gasteiger charge is 2.33. The predicted molar refractivity (Wildman–Crippen MR) is 92.6 cm³/mol. The van der Waals surface area contributed by atoms with Gasteiger partial charge in [-0.3, -0.25) is 4.79 Å². The summed E-state index contributed by atoms with van der Waals surface area (Å²) in [5.74, 6) is -3.46. The van der Waals surface area contributed by atoms with Crippen LogP contribution in [0.15, 0.2) is 12.3 Å². The number of anilines is 1. The molecule has 3 rings (SSSR count). The van der Waals surface area contributed by atoms with E-state index in [9.17, 15) is 6.17 Å². The summed E-state index contributed by atoms with van der Waals surface area (Å²) in [7, 11) is 0. The Morgan fingerprint density at radius 1 is 1.75 bits per heavy atom. The van der Waals surface area contributed by atoms with Gasteiger partial charge in [0.1, 0.15) is 21.9 Å². The van der Waals surface area contributed by atoms with E-state index in [4.69, 9.17) is 17.5 Å². The number of piperidine rings is 1. The van der Waals surface area contributed by atoms with Crippen molar-refractivity contribution < 1.29 is 17.1 Å². The molecule has 24 heavy (non-hydrogen) atoms. The Bertz CT molecular complexity index is 1150. The Balaban J connectivity index is 2.27. The van der Waals surface area contributed by atoms with Crippen molar-refractivity contribution in [1.82, 2.24) is 19.9 Å². The minimum absolute atomic E-state index is 0.0186. The number of aryl methyl sites for hydroxylation is 1. The van der Waals surface area contributed by atoms with Crippen molar-refractivity contribution in [3.05, 3.63) is 29.5 Å². The van der Waals surface area contributed by atoms with Crippen LogP contribution in [0, 0.1) is 19.4 Å².